The fourth-order valence-corrected chi connectivity index (χ4v) is 5.77. The van der Waals surface area contributed by atoms with Crippen molar-refractivity contribution in [3.05, 3.63) is 65.7 Å². The molecule has 6 rings (SSSR count). The van der Waals surface area contributed by atoms with Gasteiger partial charge < -0.3 is 15.0 Å². The maximum atomic E-state index is 14.8. The number of piperazine rings is 1. The van der Waals surface area contributed by atoms with Gasteiger partial charge in [0.1, 0.15) is 17.4 Å². The van der Waals surface area contributed by atoms with Crippen molar-refractivity contribution in [3.8, 4) is 17.0 Å². The van der Waals surface area contributed by atoms with Gasteiger partial charge in [0, 0.05) is 49.5 Å². The molecule has 8 nitrogen and oxygen atoms in total. The van der Waals surface area contributed by atoms with E-state index in [4.69, 9.17) is 4.74 Å². The Kier molecular flexibility index (Phi) is 6.48. The average molecular weight is 503 g/mol. The molecule has 0 unspecified atom stereocenters. The zero-order valence-electron chi connectivity index (χ0n) is 21.0. The number of amides is 1. The number of aromatic nitrogens is 2. The van der Waals surface area contributed by atoms with E-state index in [0.717, 1.165) is 45.0 Å². The van der Waals surface area contributed by atoms with E-state index in [1.165, 1.54) is 26.0 Å². The number of hydrogen-bond acceptors (Lipinski definition) is 7. The van der Waals surface area contributed by atoms with E-state index in [9.17, 15) is 9.18 Å². The molecule has 0 saturated carbocycles. The largest absolute Gasteiger partial charge is 0.496 e. The van der Waals surface area contributed by atoms with Crippen molar-refractivity contribution >= 4 is 17.4 Å². The van der Waals surface area contributed by atoms with Crippen LogP contribution in [0.5, 0.6) is 5.75 Å². The number of hydrogen-bond donors (Lipinski definition) is 1. The highest BCUT2D eigenvalue weighted by Gasteiger charge is 2.33. The Balaban J connectivity index is 1.18. The summed E-state index contributed by atoms with van der Waals surface area (Å²) in [5, 5.41) is 3.45. The Morgan fingerprint density at radius 1 is 1.03 bits per heavy atom. The third kappa shape index (κ3) is 4.42. The molecule has 0 bridgehead atoms. The number of benzene rings is 1. The van der Waals surface area contributed by atoms with Crippen molar-refractivity contribution in [1.82, 2.24) is 20.2 Å². The Hall–Kier alpha value is -3.56. The van der Waals surface area contributed by atoms with Crippen LogP contribution in [0.3, 0.4) is 0 Å². The first-order valence-electron chi connectivity index (χ1n) is 12.9. The van der Waals surface area contributed by atoms with E-state index in [-0.39, 0.29) is 18.0 Å². The van der Waals surface area contributed by atoms with E-state index in [1.807, 2.05) is 18.3 Å². The maximum absolute atomic E-state index is 14.8. The highest BCUT2D eigenvalue weighted by molar-refractivity contribution is 6.10. The second-order valence-electron chi connectivity index (χ2n) is 9.77. The normalized spacial score (nSPS) is 18.8. The fraction of sp³-hybridized carbons (Fsp3) is 0.393. The van der Waals surface area contributed by atoms with Crippen LogP contribution >= 0.6 is 0 Å². The quantitative estimate of drug-likeness (QED) is 0.574. The van der Waals surface area contributed by atoms with Gasteiger partial charge in [-0.1, -0.05) is 6.07 Å². The number of fused-ring (bicyclic) bond motifs is 1. The molecule has 0 radical (unpaired) electrons. The van der Waals surface area contributed by atoms with E-state index in [2.05, 4.69) is 25.1 Å². The monoisotopic (exact) mass is 502 g/mol. The van der Waals surface area contributed by atoms with Gasteiger partial charge in [-0.3, -0.25) is 19.6 Å². The van der Waals surface area contributed by atoms with Gasteiger partial charge in [0.2, 0.25) is 0 Å². The van der Waals surface area contributed by atoms with Gasteiger partial charge in [0.15, 0.2) is 0 Å². The molecule has 3 aliphatic heterocycles. The topological polar surface area (TPSA) is 73.8 Å². The molecular formula is C28H31FN6O2. The van der Waals surface area contributed by atoms with Crippen LogP contribution in [0.4, 0.5) is 15.9 Å². The molecule has 2 saturated heterocycles. The number of anilines is 2. The lowest BCUT2D eigenvalue weighted by Gasteiger charge is -2.41. The van der Waals surface area contributed by atoms with Crippen LogP contribution < -0.4 is 19.9 Å². The lowest BCUT2D eigenvalue weighted by Crippen LogP contribution is -2.52. The highest BCUT2D eigenvalue weighted by atomic mass is 19.1. The van der Waals surface area contributed by atoms with E-state index in [0.29, 0.717) is 34.4 Å². The number of carbonyl (C=O) groups excluding carboxylic acids is 1. The predicted octanol–water partition coefficient (Wildman–Crippen LogP) is 3.33. The Morgan fingerprint density at radius 2 is 1.84 bits per heavy atom. The van der Waals surface area contributed by atoms with Gasteiger partial charge in [0.05, 0.1) is 36.8 Å². The van der Waals surface area contributed by atoms with Gasteiger partial charge in [-0.05, 0) is 56.3 Å². The summed E-state index contributed by atoms with van der Waals surface area (Å²) in [7, 11) is 1.50. The van der Waals surface area contributed by atoms with Crippen molar-refractivity contribution in [2.75, 3.05) is 56.2 Å². The molecule has 1 aromatic carbocycles. The Bertz CT molecular complexity index is 1290. The lowest BCUT2D eigenvalue weighted by molar-refractivity contribution is 0.0996. The molecule has 3 aromatic rings. The van der Waals surface area contributed by atoms with E-state index in [1.54, 1.807) is 29.3 Å². The minimum atomic E-state index is -0.436. The molecule has 192 valence electrons. The van der Waals surface area contributed by atoms with Gasteiger partial charge in [0.25, 0.3) is 5.91 Å². The molecule has 1 amide bonds. The molecule has 1 N–H and O–H groups in total. The van der Waals surface area contributed by atoms with Gasteiger partial charge in [-0.25, -0.2) is 9.37 Å². The molecule has 37 heavy (non-hydrogen) atoms. The zero-order valence-corrected chi connectivity index (χ0v) is 21.0. The van der Waals surface area contributed by atoms with Crippen molar-refractivity contribution in [2.45, 2.75) is 25.4 Å². The first kappa shape index (κ1) is 23.8. The highest BCUT2D eigenvalue weighted by Crippen LogP contribution is 2.38. The summed E-state index contributed by atoms with van der Waals surface area (Å²) in [6, 6.07) is 11.0. The van der Waals surface area contributed by atoms with Crippen molar-refractivity contribution in [3.63, 3.8) is 0 Å². The van der Waals surface area contributed by atoms with Gasteiger partial charge in [-0.2, -0.15) is 0 Å². The molecule has 2 fully saturated rings. The minimum absolute atomic E-state index is 0.162. The molecule has 0 aliphatic carbocycles. The Morgan fingerprint density at radius 3 is 2.57 bits per heavy atom. The fourth-order valence-electron chi connectivity index (χ4n) is 5.77. The third-order valence-electron chi connectivity index (χ3n) is 7.79. The first-order chi connectivity index (χ1) is 18.1. The number of methoxy groups -OCH3 is 1. The smallest absolute Gasteiger partial charge is 0.260 e. The summed E-state index contributed by atoms with van der Waals surface area (Å²) in [4.78, 5) is 29.0. The second kappa shape index (κ2) is 10.1. The number of piperidine rings is 1. The molecule has 5 heterocycles. The molecule has 0 atom stereocenters. The van der Waals surface area contributed by atoms with E-state index < -0.39 is 5.82 Å². The number of halogens is 1. The summed E-state index contributed by atoms with van der Waals surface area (Å²) in [6.07, 6.45) is 5.85. The third-order valence-corrected chi connectivity index (χ3v) is 7.79. The Labute approximate surface area is 216 Å². The van der Waals surface area contributed by atoms with Crippen LogP contribution in [0.1, 0.15) is 28.8 Å². The summed E-state index contributed by atoms with van der Waals surface area (Å²) in [5.41, 5.74) is 2.94. The van der Waals surface area contributed by atoms with Gasteiger partial charge >= 0.3 is 0 Å². The standard InChI is InChI=1S/C28H31FN6O2/c1-37-24-4-2-3-23(29)26(24)27-22-18-35(28(36)21(22)9-12-31-27)25-6-5-20(17-32-25)34-15-13-33(14-16-34)19-7-10-30-11-8-19/h2-6,9,12,17,19,30H,7-8,10-11,13-16,18H2,1H3. The van der Waals surface area contributed by atoms with Crippen LogP contribution in [0, 0.1) is 5.82 Å². The number of carbonyl (C=O) groups is 1. The number of rotatable bonds is 5. The molecule has 0 spiro atoms. The van der Waals surface area contributed by atoms with Crippen molar-refractivity contribution < 1.29 is 13.9 Å². The van der Waals surface area contributed by atoms with Crippen LogP contribution in [0.25, 0.3) is 11.3 Å². The molecule has 3 aliphatic rings. The maximum Gasteiger partial charge on any atom is 0.260 e. The van der Waals surface area contributed by atoms with Crippen LogP contribution in [0.15, 0.2) is 48.8 Å². The van der Waals surface area contributed by atoms with Crippen molar-refractivity contribution in [1.29, 1.82) is 0 Å². The second-order valence-corrected chi connectivity index (χ2v) is 9.77. The summed E-state index contributed by atoms with van der Waals surface area (Å²) in [5.74, 6) is 0.359. The van der Waals surface area contributed by atoms with Crippen LogP contribution in [-0.2, 0) is 6.54 Å². The first-order valence-corrected chi connectivity index (χ1v) is 12.9. The minimum Gasteiger partial charge on any atom is -0.496 e. The summed E-state index contributed by atoms with van der Waals surface area (Å²) in [6.45, 7) is 6.55. The number of pyridine rings is 2. The molecule has 9 heteroatoms. The van der Waals surface area contributed by atoms with Crippen molar-refractivity contribution in [2.24, 2.45) is 0 Å². The molecule has 2 aromatic heterocycles. The van der Waals surface area contributed by atoms with Crippen LogP contribution in [-0.4, -0.2) is 73.2 Å². The lowest BCUT2D eigenvalue weighted by atomic mass is 10.0. The van der Waals surface area contributed by atoms with E-state index >= 15 is 0 Å². The predicted molar refractivity (Wildman–Crippen MR) is 141 cm³/mol. The number of ether oxygens (including phenoxy) is 1. The number of nitrogens with one attached hydrogen (secondary N) is 1. The zero-order chi connectivity index (χ0) is 25.4. The number of nitrogens with zero attached hydrogens (tertiary/aromatic N) is 5. The molecular weight excluding hydrogens is 471 g/mol. The van der Waals surface area contributed by atoms with Crippen LogP contribution in [0.2, 0.25) is 0 Å². The summed E-state index contributed by atoms with van der Waals surface area (Å²) < 4.78 is 20.2. The average Bonchev–Trinajstić information content (AvgIpc) is 3.30. The van der Waals surface area contributed by atoms with Gasteiger partial charge in [-0.15, -0.1) is 0 Å². The SMILES string of the molecule is COc1cccc(F)c1-c1nccc2c1CN(c1ccc(N3CCN(C4CCNCC4)CC3)cn1)C2=O. The summed E-state index contributed by atoms with van der Waals surface area (Å²) >= 11 is 0.